The maximum Gasteiger partial charge on any atom is 0.252 e. The first kappa shape index (κ1) is 16.7. The molecular weight excluding hydrogens is 300 g/mol. The Morgan fingerprint density at radius 1 is 1.08 bits per heavy atom. The van der Waals surface area contributed by atoms with Crippen molar-refractivity contribution in [1.82, 2.24) is 15.3 Å². The summed E-state index contributed by atoms with van der Waals surface area (Å²) < 4.78 is 0. The fraction of sp³-hybridized carbons (Fsp3) is 0.474. The summed E-state index contributed by atoms with van der Waals surface area (Å²) in [5.74, 6) is 0.542. The van der Waals surface area contributed by atoms with E-state index in [-0.39, 0.29) is 22.7 Å². The lowest BCUT2D eigenvalue weighted by Crippen LogP contribution is -2.60. The minimum atomic E-state index is -0.140. The lowest BCUT2D eigenvalue weighted by Gasteiger charge is -2.46. The highest BCUT2D eigenvalue weighted by atomic mass is 16.1. The largest absolute Gasteiger partial charge is 0.353 e. The number of benzene rings is 1. The average molecular weight is 326 g/mol. The number of aromatic nitrogens is 2. The van der Waals surface area contributed by atoms with E-state index >= 15 is 0 Å². The molecule has 1 aliphatic heterocycles. The van der Waals surface area contributed by atoms with Crippen LogP contribution in [-0.2, 0) is 0 Å². The predicted octanol–water partition coefficient (Wildman–Crippen LogP) is 3.16. The molecule has 0 amide bonds. The van der Waals surface area contributed by atoms with E-state index in [0.29, 0.717) is 11.6 Å². The predicted molar refractivity (Wildman–Crippen MR) is 98.2 cm³/mol. The summed E-state index contributed by atoms with van der Waals surface area (Å²) in [6.07, 6.45) is 1.94. The summed E-state index contributed by atoms with van der Waals surface area (Å²) in [4.78, 5) is 19.5. The molecule has 1 fully saturated rings. The maximum atomic E-state index is 12.0. The zero-order valence-electron chi connectivity index (χ0n) is 14.8. The second-order valence-corrected chi connectivity index (χ2v) is 7.99. The first-order chi connectivity index (χ1) is 11.2. The van der Waals surface area contributed by atoms with E-state index in [1.165, 1.54) is 6.07 Å². The van der Waals surface area contributed by atoms with Crippen LogP contribution >= 0.6 is 0 Å². The topological polar surface area (TPSA) is 69.8 Å². The van der Waals surface area contributed by atoms with Crippen LogP contribution in [0.1, 0.15) is 40.5 Å². The third-order valence-electron chi connectivity index (χ3n) is 4.34. The van der Waals surface area contributed by atoms with Crippen LogP contribution in [0, 0.1) is 0 Å². The van der Waals surface area contributed by atoms with Crippen LogP contribution in [0.4, 0.5) is 5.95 Å². The van der Waals surface area contributed by atoms with Crippen molar-refractivity contribution in [2.75, 3.05) is 5.32 Å². The van der Waals surface area contributed by atoms with E-state index in [0.717, 1.165) is 18.4 Å². The van der Waals surface area contributed by atoms with Crippen LogP contribution in [-0.4, -0.2) is 27.1 Å². The van der Waals surface area contributed by atoms with Crippen LogP contribution in [0.25, 0.3) is 11.3 Å². The van der Waals surface area contributed by atoms with Crippen molar-refractivity contribution in [2.24, 2.45) is 0 Å². The van der Waals surface area contributed by atoms with Crippen LogP contribution in [0.3, 0.4) is 0 Å². The number of hydrogen-bond donors (Lipinski definition) is 3. The molecule has 0 saturated carbocycles. The summed E-state index contributed by atoms with van der Waals surface area (Å²) in [5.41, 5.74) is 1.57. The second kappa shape index (κ2) is 6.06. The molecule has 1 saturated heterocycles. The fourth-order valence-corrected chi connectivity index (χ4v) is 3.90. The number of rotatable bonds is 3. The van der Waals surface area contributed by atoms with Crippen molar-refractivity contribution in [2.45, 2.75) is 57.7 Å². The van der Waals surface area contributed by atoms with Gasteiger partial charge >= 0.3 is 0 Å². The molecule has 0 bridgehead atoms. The SMILES string of the molecule is CC1(C)CC(Nc2nc(-c3ccccc3)cc(=O)[nH]2)CC(C)(C)N1. The van der Waals surface area contributed by atoms with Crippen molar-refractivity contribution in [3.8, 4) is 11.3 Å². The van der Waals surface area contributed by atoms with E-state index in [1.54, 1.807) is 0 Å². The number of H-pyrrole nitrogens is 1. The number of nitrogens with zero attached hydrogens (tertiary/aromatic N) is 1. The van der Waals surface area contributed by atoms with Gasteiger partial charge in [-0.05, 0) is 40.5 Å². The zero-order chi connectivity index (χ0) is 17.4. The Morgan fingerprint density at radius 3 is 2.33 bits per heavy atom. The number of aromatic amines is 1. The normalized spacial score (nSPS) is 19.8. The first-order valence-electron chi connectivity index (χ1n) is 8.45. The second-order valence-electron chi connectivity index (χ2n) is 7.99. The lowest BCUT2D eigenvalue weighted by atomic mass is 9.80. The molecule has 2 heterocycles. The van der Waals surface area contributed by atoms with Crippen molar-refractivity contribution in [3.05, 3.63) is 46.8 Å². The molecule has 1 aromatic carbocycles. The van der Waals surface area contributed by atoms with Gasteiger partial charge in [-0.1, -0.05) is 30.3 Å². The third-order valence-corrected chi connectivity index (χ3v) is 4.34. The zero-order valence-corrected chi connectivity index (χ0v) is 14.8. The van der Waals surface area contributed by atoms with Crippen molar-refractivity contribution < 1.29 is 0 Å². The van der Waals surface area contributed by atoms with Crippen LogP contribution in [0.15, 0.2) is 41.2 Å². The van der Waals surface area contributed by atoms with Crippen LogP contribution < -0.4 is 16.2 Å². The van der Waals surface area contributed by atoms with Crippen molar-refractivity contribution in [3.63, 3.8) is 0 Å². The fourth-order valence-electron chi connectivity index (χ4n) is 3.90. The van der Waals surface area contributed by atoms with Gasteiger partial charge in [0.1, 0.15) is 0 Å². The van der Waals surface area contributed by atoms with Crippen LogP contribution in [0.5, 0.6) is 0 Å². The monoisotopic (exact) mass is 326 g/mol. The lowest BCUT2D eigenvalue weighted by molar-refractivity contribution is 0.170. The Balaban J connectivity index is 1.85. The number of anilines is 1. The molecule has 3 rings (SSSR count). The Bertz CT molecular complexity index is 748. The smallest absolute Gasteiger partial charge is 0.252 e. The Kier molecular flexibility index (Phi) is 4.22. The van der Waals surface area contributed by atoms with Gasteiger partial charge in [0.05, 0.1) is 5.69 Å². The molecule has 0 spiro atoms. The molecule has 128 valence electrons. The molecule has 1 aromatic heterocycles. The molecule has 2 aromatic rings. The Hall–Kier alpha value is -2.14. The van der Waals surface area contributed by atoms with Crippen molar-refractivity contribution in [1.29, 1.82) is 0 Å². The molecule has 1 aliphatic rings. The van der Waals surface area contributed by atoms with Gasteiger partial charge in [-0.15, -0.1) is 0 Å². The van der Waals surface area contributed by atoms with Crippen LogP contribution in [0.2, 0.25) is 0 Å². The van der Waals surface area contributed by atoms with Gasteiger partial charge in [0, 0.05) is 28.7 Å². The van der Waals surface area contributed by atoms with Gasteiger partial charge in [-0.25, -0.2) is 4.98 Å². The standard InChI is InChI=1S/C19H26N4O/c1-18(2)11-14(12-19(3,4)23-18)20-17-21-15(10-16(24)22-17)13-8-6-5-7-9-13/h5-10,14,23H,11-12H2,1-4H3,(H2,20,21,22,24). The molecule has 0 atom stereocenters. The van der Waals surface area contributed by atoms with Gasteiger partial charge < -0.3 is 10.6 Å². The van der Waals surface area contributed by atoms with Gasteiger partial charge in [0.25, 0.3) is 5.56 Å². The van der Waals surface area contributed by atoms with Gasteiger partial charge in [-0.3, -0.25) is 9.78 Å². The van der Waals surface area contributed by atoms with Gasteiger partial charge in [0.15, 0.2) is 0 Å². The molecule has 0 aliphatic carbocycles. The quantitative estimate of drug-likeness (QED) is 0.810. The highest BCUT2D eigenvalue weighted by Gasteiger charge is 2.37. The molecule has 0 radical (unpaired) electrons. The Labute approximate surface area is 142 Å². The summed E-state index contributed by atoms with van der Waals surface area (Å²) >= 11 is 0. The van der Waals surface area contributed by atoms with Gasteiger partial charge in [0.2, 0.25) is 5.95 Å². The van der Waals surface area contributed by atoms with Crippen molar-refractivity contribution >= 4 is 5.95 Å². The molecule has 0 unspecified atom stereocenters. The highest BCUT2D eigenvalue weighted by Crippen LogP contribution is 2.30. The highest BCUT2D eigenvalue weighted by molar-refractivity contribution is 5.59. The molecule has 5 nitrogen and oxygen atoms in total. The minimum Gasteiger partial charge on any atom is -0.353 e. The minimum absolute atomic E-state index is 0.0384. The van der Waals surface area contributed by atoms with E-state index in [9.17, 15) is 4.79 Å². The summed E-state index contributed by atoms with van der Waals surface area (Å²) in [7, 11) is 0. The summed E-state index contributed by atoms with van der Waals surface area (Å²) in [5, 5.41) is 7.10. The molecule has 5 heteroatoms. The molecular formula is C19H26N4O. The van der Waals surface area contributed by atoms with Gasteiger partial charge in [-0.2, -0.15) is 0 Å². The third kappa shape index (κ3) is 4.03. The van der Waals surface area contributed by atoms with E-state index in [1.807, 2.05) is 30.3 Å². The Morgan fingerprint density at radius 2 is 1.71 bits per heavy atom. The molecule has 3 N–H and O–H groups in total. The van der Waals surface area contributed by atoms with E-state index in [2.05, 4.69) is 48.3 Å². The molecule has 24 heavy (non-hydrogen) atoms. The number of hydrogen-bond acceptors (Lipinski definition) is 4. The summed E-state index contributed by atoms with van der Waals surface area (Å²) in [6, 6.07) is 11.6. The average Bonchev–Trinajstić information content (AvgIpc) is 2.44. The van der Waals surface area contributed by atoms with E-state index < -0.39 is 0 Å². The summed E-state index contributed by atoms with van der Waals surface area (Å²) in [6.45, 7) is 8.83. The number of nitrogens with one attached hydrogen (secondary N) is 3. The number of piperidine rings is 1. The maximum absolute atomic E-state index is 12.0. The van der Waals surface area contributed by atoms with E-state index in [4.69, 9.17) is 0 Å². The first-order valence-corrected chi connectivity index (χ1v) is 8.45.